The number of halogens is 1. The van der Waals surface area contributed by atoms with Gasteiger partial charge >= 0.3 is 0 Å². The summed E-state index contributed by atoms with van der Waals surface area (Å²) in [6.45, 7) is 0.431. The number of aliphatic hydroxyl groups is 1. The zero-order valence-electron chi connectivity index (χ0n) is 14.5. The highest BCUT2D eigenvalue weighted by Gasteiger charge is 2.40. The van der Waals surface area contributed by atoms with E-state index in [0.717, 1.165) is 21.2 Å². The number of hydrogen-bond acceptors (Lipinski definition) is 2. The Balaban J connectivity index is 1.81. The van der Waals surface area contributed by atoms with Crippen LogP contribution in [0.3, 0.4) is 0 Å². The Bertz CT molecular complexity index is 982. The monoisotopic (exact) mass is 419 g/mol. The molecule has 1 aliphatic rings. The van der Waals surface area contributed by atoms with E-state index in [2.05, 4.69) is 15.9 Å². The summed E-state index contributed by atoms with van der Waals surface area (Å²) in [7, 11) is 0. The van der Waals surface area contributed by atoms with Crippen LogP contribution in [-0.2, 0) is 11.3 Å². The Morgan fingerprint density at radius 3 is 2.07 bits per heavy atom. The summed E-state index contributed by atoms with van der Waals surface area (Å²) >= 11 is 3.46. The number of benzene rings is 3. The predicted molar refractivity (Wildman–Crippen MR) is 110 cm³/mol. The molecule has 1 amide bonds. The van der Waals surface area contributed by atoms with Gasteiger partial charge in [0.25, 0.3) is 5.91 Å². The van der Waals surface area contributed by atoms with Crippen LogP contribution in [-0.4, -0.2) is 15.9 Å². The summed E-state index contributed by atoms with van der Waals surface area (Å²) in [6, 6.07) is 27.0. The Hall–Kier alpha value is -2.85. The highest BCUT2D eigenvalue weighted by atomic mass is 79.9. The molecule has 0 saturated carbocycles. The van der Waals surface area contributed by atoms with Crippen LogP contribution in [0.5, 0.6) is 0 Å². The van der Waals surface area contributed by atoms with Gasteiger partial charge in [-0.1, -0.05) is 88.7 Å². The molecule has 0 radical (unpaired) electrons. The van der Waals surface area contributed by atoms with E-state index in [1.54, 1.807) is 4.90 Å². The van der Waals surface area contributed by atoms with Gasteiger partial charge in [0.15, 0.2) is 5.76 Å². The lowest BCUT2D eigenvalue weighted by Crippen LogP contribution is -2.29. The van der Waals surface area contributed by atoms with Crippen molar-refractivity contribution in [3.8, 4) is 0 Å². The first kappa shape index (κ1) is 17.6. The van der Waals surface area contributed by atoms with Crippen molar-refractivity contribution >= 4 is 27.4 Å². The molecule has 3 nitrogen and oxygen atoms in total. The van der Waals surface area contributed by atoms with E-state index in [4.69, 9.17) is 0 Å². The minimum Gasteiger partial charge on any atom is -0.503 e. The van der Waals surface area contributed by atoms with Gasteiger partial charge in [-0.15, -0.1) is 0 Å². The van der Waals surface area contributed by atoms with Gasteiger partial charge in [-0.2, -0.15) is 0 Å². The van der Waals surface area contributed by atoms with Crippen molar-refractivity contribution in [1.82, 2.24) is 4.90 Å². The quantitative estimate of drug-likeness (QED) is 0.606. The van der Waals surface area contributed by atoms with E-state index in [0.29, 0.717) is 12.1 Å². The summed E-state index contributed by atoms with van der Waals surface area (Å²) in [4.78, 5) is 14.7. The molecule has 0 fully saturated rings. The van der Waals surface area contributed by atoms with Crippen molar-refractivity contribution in [1.29, 1.82) is 0 Å². The Labute approximate surface area is 166 Å². The van der Waals surface area contributed by atoms with Gasteiger partial charge in [0.2, 0.25) is 0 Å². The maximum absolute atomic E-state index is 13.0. The highest BCUT2D eigenvalue weighted by molar-refractivity contribution is 9.10. The number of amides is 1. The lowest BCUT2D eigenvalue weighted by molar-refractivity contribution is -0.130. The second kappa shape index (κ2) is 7.41. The molecule has 4 rings (SSSR count). The third-order valence-corrected chi connectivity index (χ3v) is 5.30. The lowest BCUT2D eigenvalue weighted by atomic mass is 9.93. The number of aliphatic hydroxyl groups excluding tert-OH is 1. The van der Waals surface area contributed by atoms with Crippen LogP contribution in [0.2, 0.25) is 0 Å². The summed E-state index contributed by atoms with van der Waals surface area (Å²) in [5, 5.41) is 10.7. The molecule has 1 N–H and O–H groups in total. The molecule has 1 atom stereocenters. The van der Waals surface area contributed by atoms with Crippen molar-refractivity contribution in [2.24, 2.45) is 0 Å². The molecule has 1 heterocycles. The third-order valence-electron chi connectivity index (χ3n) is 4.77. The molecule has 0 aromatic heterocycles. The SMILES string of the molecule is O=C1C(O)=C(c2ccccc2)[C@H](c2ccc(Br)cc2)N1Cc1ccccc1. The van der Waals surface area contributed by atoms with Gasteiger partial charge < -0.3 is 10.0 Å². The zero-order valence-corrected chi connectivity index (χ0v) is 16.1. The first-order chi connectivity index (χ1) is 13.1. The molecule has 134 valence electrons. The summed E-state index contributed by atoms with van der Waals surface area (Å²) in [5.41, 5.74) is 3.49. The van der Waals surface area contributed by atoms with Gasteiger partial charge in [-0.05, 0) is 28.8 Å². The molecule has 3 aromatic rings. The molecule has 1 aliphatic heterocycles. The van der Waals surface area contributed by atoms with Crippen LogP contribution in [0.1, 0.15) is 22.7 Å². The smallest absolute Gasteiger partial charge is 0.290 e. The molecule has 0 aliphatic carbocycles. The molecule has 0 saturated heterocycles. The average molecular weight is 420 g/mol. The van der Waals surface area contributed by atoms with E-state index in [9.17, 15) is 9.90 Å². The van der Waals surface area contributed by atoms with E-state index < -0.39 is 0 Å². The topological polar surface area (TPSA) is 40.5 Å². The highest BCUT2D eigenvalue weighted by Crippen LogP contribution is 2.43. The Morgan fingerprint density at radius 1 is 0.852 bits per heavy atom. The number of nitrogens with zero attached hydrogens (tertiary/aromatic N) is 1. The summed E-state index contributed by atoms with van der Waals surface area (Å²) < 4.78 is 0.972. The van der Waals surface area contributed by atoms with Crippen molar-refractivity contribution in [3.63, 3.8) is 0 Å². The standard InChI is InChI=1S/C23H18BrNO2/c24-19-13-11-18(12-14-19)21-20(17-9-5-2-6-10-17)22(26)23(27)25(21)15-16-7-3-1-4-8-16/h1-14,21,26H,15H2/t21-/m0/s1. The summed E-state index contributed by atoms with van der Waals surface area (Å²) in [6.07, 6.45) is 0. The first-order valence-electron chi connectivity index (χ1n) is 8.74. The van der Waals surface area contributed by atoms with Crippen LogP contribution in [0, 0.1) is 0 Å². The number of carbonyl (C=O) groups is 1. The minimum absolute atomic E-state index is 0.176. The predicted octanol–water partition coefficient (Wildman–Crippen LogP) is 5.50. The Kier molecular flexibility index (Phi) is 4.82. The fourth-order valence-electron chi connectivity index (χ4n) is 3.50. The van der Waals surface area contributed by atoms with Crippen LogP contribution in [0.25, 0.3) is 5.57 Å². The molecule has 3 aromatic carbocycles. The van der Waals surface area contributed by atoms with Gasteiger partial charge in [0.1, 0.15) is 0 Å². The second-order valence-electron chi connectivity index (χ2n) is 6.50. The number of carbonyl (C=O) groups excluding carboxylic acids is 1. The van der Waals surface area contributed by atoms with Crippen molar-refractivity contribution in [2.75, 3.05) is 0 Å². The maximum Gasteiger partial charge on any atom is 0.290 e. The van der Waals surface area contributed by atoms with Gasteiger partial charge in [-0.25, -0.2) is 0 Å². The molecular weight excluding hydrogens is 402 g/mol. The minimum atomic E-state index is -0.342. The molecule has 0 spiro atoms. The molecule has 0 unspecified atom stereocenters. The van der Waals surface area contributed by atoms with Gasteiger partial charge in [0.05, 0.1) is 6.04 Å². The zero-order chi connectivity index (χ0) is 18.8. The first-order valence-corrected chi connectivity index (χ1v) is 9.53. The van der Waals surface area contributed by atoms with Crippen LogP contribution < -0.4 is 0 Å². The maximum atomic E-state index is 13.0. The molecule has 27 heavy (non-hydrogen) atoms. The van der Waals surface area contributed by atoms with E-state index in [1.165, 1.54) is 0 Å². The van der Waals surface area contributed by atoms with Crippen molar-refractivity contribution in [3.05, 3.63) is 112 Å². The van der Waals surface area contributed by atoms with Gasteiger partial charge in [-0.3, -0.25) is 4.79 Å². The second-order valence-corrected chi connectivity index (χ2v) is 7.42. The average Bonchev–Trinajstić information content (AvgIpc) is 2.95. The van der Waals surface area contributed by atoms with E-state index >= 15 is 0 Å². The fourth-order valence-corrected chi connectivity index (χ4v) is 3.77. The van der Waals surface area contributed by atoms with Crippen LogP contribution in [0.15, 0.2) is 95.2 Å². The van der Waals surface area contributed by atoms with Crippen molar-refractivity contribution in [2.45, 2.75) is 12.6 Å². The Morgan fingerprint density at radius 2 is 1.44 bits per heavy atom. The van der Waals surface area contributed by atoms with E-state index in [1.807, 2.05) is 84.9 Å². The van der Waals surface area contributed by atoms with Crippen molar-refractivity contribution < 1.29 is 9.90 Å². The number of rotatable bonds is 4. The van der Waals surface area contributed by atoms with Crippen LogP contribution in [0.4, 0.5) is 0 Å². The van der Waals surface area contributed by atoms with Gasteiger partial charge in [0, 0.05) is 16.6 Å². The molecular formula is C23H18BrNO2. The van der Waals surface area contributed by atoms with Crippen LogP contribution >= 0.6 is 15.9 Å². The lowest BCUT2D eigenvalue weighted by Gasteiger charge is -2.27. The third kappa shape index (κ3) is 3.40. The largest absolute Gasteiger partial charge is 0.503 e. The number of hydrogen-bond donors (Lipinski definition) is 1. The molecule has 4 heteroatoms. The molecule has 0 bridgehead atoms. The summed E-state index contributed by atoms with van der Waals surface area (Å²) in [5.74, 6) is -0.518. The van der Waals surface area contributed by atoms with E-state index in [-0.39, 0.29) is 17.7 Å². The normalized spacial score (nSPS) is 16.9. The fraction of sp³-hybridized carbons (Fsp3) is 0.0870.